The first-order chi connectivity index (χ1) is 13.9. The van der Waals surface area contributed by atoms with Gasteiger partial charge in [0.1, 0.15) is 5.82 Å². The van der Waals surface area contributed by atoms with Gasteiger partial charge in [-0.15, -0.1) is 0 Å². The SMILES string of the molecule is NC(=O)c1ccc(NC(=O)CCCn2nc(-c3ccc(F)cc3)ccc2=O)cc1. The van der Waals surface area contributed by atoms with Crippen molar-refractivity contribution in [2.75, 3.05) is 5.32 Å². The molecule has 1 aromatic heterocycles. The van der Waals surface area contributed by atoms with E-state index < -0.39 is 5.91 Å². The number of nitrogens with two attached hydrogens (primary N) is 1. The largest absolute Gasteiger partial charge is 0.366 e. The Kier molecular flexibility index (Phi) is 6.13. The summed E-state index contributed by atoms with van der Waals surface area (Å²) < 4.78 is 14.4. The van der Waals surface area contributed by atoms with Crippen molar-refractivity contribution in [3.63, 3.8) is 0 Å². The number of rotatable bonds is 7. The maximum Gasteiger partial charge on any atom is 0.266 e. The molecular formula is C21H19FN4O3. The summed E-state index contributed by atoms with van der Waals surface area (Å²) in [5.41, 5.74) is 7.04. The lowest BCUT2D eigenvalue weighted by atomic mass is 10.1. The second-order valence-electron chi connectivity index (χ2n) is 6.38. The van der Waals surface area contributed by atoms with E-state index in [4.69, 9.17) is 5.73 Å². The number of amides is 2. The first-order valence-corrected chi connectivity index (χ1v) is 8.96. The van der Waals surface area contributed by atoms with Crippen LogP contribution in [0.4, 0.5) is 10.1 Å². The lowest BCUT2D eigenvalue weighted by Gasteiger charge is -2.08. The van der Waals surface area contributed by atoms with Gasteiger partial charge in [0, 0.05) is 35.8 Å². The molecule has 0 aliphatic carbocycles. The molecule has 0 aliphatic heterocycles. The van der Waals surface area contributed by atoms with E-state index in [1.54, 1.807) is 30.3 Å². The highest BCUT2D eigenvalue weighted by molar-refractivity contribution is 5.94. The Labute approximate surface area is 166 Å². The van der Waals surface area contributed by atoms with Crippen molar-refractivity contribution < 1.29 is 14.0 Å². The molecule has 0 unspecified atom stereocenters. The number of carbonyl (C=O) groups excluding carboxylic acids is 2. The van der Waals surface area contributed by atoms with Crippen molar-refractivity contribution in [3.05, 3.63) is 82.4 Å². The summed E-state index contributed by atoms with van der Waals surface area (Å²) in [7, 11) is 0. The second kappa shape index (κ2) is 8.92. The van der Waals surface area contributed by atoms with Gasteiger partial charge in [0.25, 0.3) is 5.56 Å². The number of anilines is 1. The average molecular weight is 394 g/mol. The standard InChI is InChI=1S/C21H19FN4O3/c22-16-7-3-14(4-8-16)18-11-12-20(28)26(25-18)13-1-2-19(27)24-17-9-5-15(6-10-17)21(23)29/h3-12H,1-2,13H2,(H2,23,29)(H,24,27). The Bertz CT molecular complexity index is 1080. The number of benzene rings is 2. The van der Waals surface area contributed by atoms with Crippen molar-refractivity contribution in [2.45, 2.75) is 19.4 Å². The third-order valence-corrected chi connectivity index (χ3v) is 4.23. The molecule has 1 heterocycles. The minimum Gasteiger partial charge on any atom is -0.366 e. The van der Waals surface area contributed by atoms with Gasteiger partial charge in [-0.3, -0.25) is 14.4 Å². The minimum absolute atomic E-state index is 0.187. The average Bonchev–Trinajstić information content (AvgIpc) is 2.70. The number of nitrogens with zero attached hydrogens (tertiary/aromatic N) is 2. The highest BCUT2D eigenvalue weighted by atomic mass is 19.1. The Morgan fingerprint density at radius 1 is 1.00 bits per heavy atom. The third-order valence-electron chi connectivity index (χ3n) is 4.23. The van der Waals surface area contributed by atoms with Crippen LogP contribution in [0.15, 0.2) is 65.5 Å². The number of halogens is 1. The summed E-state index contributed by atoms with van der Waals surface area (Å²) in [5.74, 6) is -1.11. The van der Waals surface area contributed by atoms with Gasteiger partial charge in [-0.05, 0) is 61.0 Å². The summed E-state index contributed by atoms with van der Waals surface area (Å²) in [6.07, 6.45) is 0.595. The Morgan fingerprint density at radius 2 is 1.69 bits per heavy atom. The molecule has 29 heavy (non-hydrogen) atoms. The molecule has 0 saturated carbocycles. The van der Waals surface area contributed by atoms with E-state index in [1.807, 2.05) is 0 Å². The van der Waals surface area contributed by atoms with Gasteiger partial charge in [-0.1, -0.05) is 0 Å². The zero-order valence-electron chi connectivity index (χ0n) is 15.5. The van der Waals surface area contributed by atoms with Crippen molar-refractivity contribution in [3.8, 4) is 11.3 Å². The van der Waals surface area contributed by atoms with E-state index in [1.165, 1.54) is 35.0 Å². The Morgan fingerprint density at radius 3 is 2.34 bits per heavy atom. The number of hydrogen-bond donors (Lipinski definition) is 2. The van der Waals surface area contributed by atoms with Crippen molar-refractivity contribution in [1.29, 1.82) is 0 Å². The number of nitrogens with one attached hydrogen (secondary N) is 1. The molecule has 3 N–H and O–H groups in total. The van der Waals surface area contributed by atoms with E-state index in [2.05, 4.69) is 10.4 Å². The fourth-order valence-electron chi connectivity index (χ4n) is 2.71. The molecule has 8 heteroatoms. The van der Waals surface area contributed by atoms with Gasteiger partial charge in [-0.25, -0.2) is 9.07 Å². The van der Waals surface area contributed by atoms with Crippen LogP contribution in [0.3, 0.4) is 0 Å². The highest BCUT2D eigenvalue weighted by Gasteiger charge is 2.07. The Hall–Kier alpha value is -3.81. The third kappa shape index (κ3) is 5.35. The molecule has 0 atom stereocenters. The summed E-state index contributed by atoms with van der Waals surface area (Å²) in [6.45, 7) is 0.266. The Balaban J connectivity index is 1.57. The van der Waals surface area contributed by atoms with Crippen LogP contribution >= 0.6 is 0 Å². The molecular weight excluding hydrogens is 375 g/mol. The first-order valence-electron chi connectivity index (χ1n) is 8.96. The predicted octanol–water partition coefficient (Wildman–Crippen LogP) is 2.57. The molecule has 0 spiro atoms. The highest BCUT2D eigenvalue weighted by Crippen LogP contribution is 2.16. The van der Waals surface area contributed by atoms with Gasteiger partial charge < -0.3 is 11.1 Å². The second-order valence-corrected chi connectivity index (χ2v) is 6.38. The monoisotopic (exact) mass is 394 g/mol. The summed E-state index contributed by atoms with van der Waals surface area (Å²) in [4.78, 5) is 35.1. The molecule has 3 rings (SSSR count). The van der Waals surface area contributed by atoms with Gasteiger partial charge >= 0.3 is 0 Å². The number of primary amides is 1. The van der Waals surface area contributed by atoms with Crippen molar-refractivity contribution in [2.24, 2.45) is 5.73 Å². The van der Waals surface area contributed by atoms with Crippen LogP contribution in [-0.4, -0.2) is 21.6 Å². The molecule has 7 nitrogen and oxygen atoms in total. The molecule has 0 saturated heterocycles. The van der Waals surface area contributed by atoms with Gasteiger partial charge in [-0.2, -0.15) is 5.10 Å². The minimum atomic E-state index is -0.538. The van der Waals surface area contributed by atoms with Crippen LogP contribution in [0.5, 0.6) is 0 Å². The number of aryl methyl sites for hydroxylation is 1. The topological polar surface area (TPSA) is 107 Å². The molecule has 0 aliphatic rings. The van der Waals surface area contributed by atoms with E-state index in [9.17, 15) is 18.8 Å². The molecule has 3 aromatic rings. The molecule has 148 valence electrons. The van der Waals surface area contributed by atoms with E-state index >= 15 is 0 Å². The molecule has 0 radical (unpaired) electrons. The van der Waals surface area contributed by atoms with Crippen molar-refractivity contribution >= 4 is 17.5 Å². The van der Waals surface area contributed by atoms with Gasteiger partial charge in [0.15, 0.2) is 0 Å². The van der Waals surface area contributed by atoms with Crippen LogP contribution in [0.25, 0.3) is 11.3 Å². The van der Waals surface area contributed by atoms with E-state index in [0.717, 1.165) is 0 Å². The summed E-state index contributed by atoms with van der Waals surface area (Å²) in [6, 6.07) is 15.0. The van der Waals surface area contributed by atoms with Crippen LogP contribution in [0, 0.1) is 5.82 Å². The normalized spacial score (nSPS) is 10.5. The molecule has 0 bridgehead atoms. The summed E-state index contributed by atoms with van der Waals surface area (Å²) in [5, 5.41) is 7.00. The molecule has 2 amide bonds. The lowest BCUT2D eigenvalue weighted by molar-refractivity contribution is -0.116. The van der Waals surface area contributed by atoms with Crippen LogP contribution in [0.2, 0.25) is 0 Å². The van der Waals surface area contributed by atoms with E-state index in [0.29, 0.717) is 28.9 Å². The smallest absolute Gasteiger partial charge is 0.266 e. The number of hydrogen-bond acceptors (Lipinski definition) is 4. The van der Waals surface area contributed by atoms with Crippen LogP contribution in [-0.2, 0) is 11.3 Å². The fourth-order valence-corrected chi connectivity index (χ4v) is 2.71. The fraction of sp³-hybridized carbons (Fsp3) is 0.143. The predicted molar refractivity (Wildman–Crippen MR) is 107 cm³/mol. The van der Waals surface area contributed by atoms with E-state index in [-0.39, 0.29) is 30.2 Å². The maximum absolute atomic E-state index is 13.1. The van der Waals surface area contributed by atoms with Crippen LogP contribution in [0.1, 0.15) is 23.2 Å². The maximum atomic E-state index is 13.1. The molecule has 0 fully saturated rings. The van der Waals surface area contributed by atoms with Crippen molar-refractivity contribution in [1.82, 2.24) is 9.78 Å². The van der Waals surface area contributed by atoms with Gasteiger partial charge in [0.2, 0.25) is 11.8 Å². The first kappa shape index (κ1) is 19.9. The zero-order valence-corrected chi connectivity index (χ0v) is 15.5. The molecule has 2 aromatic carbocycles. The zero-order chi connectivity index (χ0) is 20.8. The van der Waals surface area contributed by atoms with Crippen LogP contribution < -0.4 is 16.6 Å². The quantitative estimate of drug-likeness (QED) is 0.642. The van der Waals surface area contributed by atoms with Gasteiger partial charge in [0.05, 0.1) is 5.69 Å². The lowest BCUT2D eigenvalue weighted by Crippen LogP contribution is -2.23. The summed E-state index contributed by atoms with van der Waals surface area (Å²) >= 11 is 0. The number of aromatic nitrogens is 2. The number of carbonyl (C=O) groups is 2.